The molecule has 0 fully saturated rings. The molecule has 0 bridgehead atoms. The van der Waals surface area contributed by atoms with Crippen LogP contribution < -0.4 is 19.6 Å². The van der Waals surface area contributed by atoms with Gasteiger partial charge < -0.3 is 14.0 Å². The van der Waals surface area contributed by atoms with Gasteiger partial charge in [-0.2, -0.15) is 0 Å². The number of fused-ring (bicyclic) bond motifs is 1. The van der Waals surface area contributed by atoms with E-state index in [9.17, 15) is 14.0 Å². The summed E-state index contributed by atoms with van der Waals surface area (Å²) in [4.78, 5) is 32.0. The number of carbonyl (C=O) groups excluding carboxylic acids is 1. The van der Waals surface area contributed by atoms with Crippen molar-refractivity contribution in [2.75, 3.05) is 14.2 Å². The molecule has 0 spiro atoms. The number of carbonyl (C=O) groups is 1. The number of aryl methyl sites for hydroxylation is 1. The van der Waals surface area contributed by atoms with Crippen molar-refractivity contribution in [1.82, 2.24) is 9.13 Å². The van der Waals surface area contributed by atoms with E-state index in [1.54, 1.807) is 43.3 Å². The van der Waals surface area contributed by atoms with Crippen molar-refractivity contribution < 1.29 is 18.7 Å². The molecule has 206 valence electrons. The maximum atomic E-state index is 14.0. The fourth-order valence-electron chi connectivity index (χ4n) is 5.00. The Balaban J connectivity index is 1.73. The fourth-order valence-corrected chi connectivity index (χ4v) is 6.40. The number of thiazole rings is 1. The van der Waals surface area contributed by atoms with Crippen LogP contribution in [0.4, 0.5) is 4.39 Å². The van der Waals surface area contributed by atoms with Gasteiger partial charge in [0.25, 0.3) is 5.56 Å². The molecular formula is C29H24Cl2FN3O4S. The van der Waals surface area contributed by atoms with E-state index in [2.05, 4.69) is 4.99 Å². The van der Waals surface area contributed by atoms with Crippen LogP contribution in [0.25, 0.3) is 11.8 Å². The van der Waals surface area contributed by atoms with Crippen LogP contribution >= 0.6 is 34.5 Å². The highest BCUT2D eigenvalue weighted by Gasteiger charge is 2.35. The highest BCUT2D eigenvalue weighted by atomic mass is 35.5. The van der Waals surface area contributed by atoms with E-state index >= 15 is 0 Å². The zero-order chi connectivity index (χ0) is 28.9. The van der Waals surface area contributed by atoms with Crippen LogP contribution in [0.1, 0.15) is 35.5 Å². The molecule has 2 aromatic carbocycles. The molecular weight excluding hydrogens is 576 g/mol. The molecule has 0 radical (unpaired) electrons. The second-order valence-electron chi connectivity index (χ2n) is 9.22. The average Bonchev–Trinajstić information content (AvgIpc) is 3.38. The third-order valence-electron chi connectivity index (χ3n) is 6.83. The molecule has 1 atom stereocenters. The number of ether oxygens (including phenoxy) is 2. The quantitative estimate of drug-likeness (QED) is 0.293. The molecule has 0 saturated carbocycles. The number of aromatic nitrogens is 2. The van der Waals surface area contributed by atoms with Crippen molar-refractivity contribution in [3.05, 3.63) is 112 Å². The number of allylic oxidation sites excluding steroid dienone is 1. The lowest BCUT2D eigenvalue weighted by molar-refractivity contribution is -0.136. The first kappa shape index (κ1) is 27.9. The summed E-state index contributed by atoms with van der Waals surface area (Å²) in [5.74, 6) is -0.646. The highest BCUT2D eigenvalue weighted by molar-refractivity contribution is 7.07. The standard InChI is InChI=1S/C29H24Cl2FN3O4S/c1-14-10-17(16(3)34(14)19-7-8-22(32)21(31)13-19)11-24-27(36)35-26(20-12-18(30)6-9-23(20)38-4)25(28(37)39-5)15(2)33-29(35)40-24/h6-13,26H,1-5H3/b24-11-/t26-/m1/s1. The first-order chi connectivity index (χ1) is 19.0. The van der Waals surface area contributed by atoms with E-state index in [1.165, 1.54) is 36.2 Å². The Kier molecular flexibility index (Phi) is 7.48. The predicted molar refractivity (Wildman–Crippen MR) is 154 cm³/mol. The predicted octanol–water partition coefficient (Wildman–Crippen LogP) is 5.27. The molecule has 1 aliphatic rings. The Hall–Kier alpha value is -3.66. The number of esters is 1. The molecule has 3 heterocycles. The van der Waals surface area contributed by atoms with Crippen LogP contribution in [-0.4, -0.2) is 29.3 Å². The van der Waals surface area contributed by atoms with E-state index in [0.29, 0.717) is 37.1 Å². The summed E-state index contributed by atoms with van der Waals surface area (Å²) in [7, 11) is 2.79. The Morgan fingerprint density at radius 3 is 2.52 bits per heavy atom. The Morgan fingerprint density at radius 2 is 1.85 bits per heavy atom. The third-order valence-corrected chi connectivity index (χ3v) is 8.34. The molecule has 40 heavy (non-hydrogen) atoms. The molecule has 0 aliphatic carbocycles. The normalized spacial score (nSPS) is 15.2. The molecule has 1 aliphatic heterocycles. The number of halogens is 3. The van der Waals surface area contributed by atoms with Gasteiger partial charge in [0.2, 0.25) is 0 Å². The van der Waals surface area contributed by atoms with E-state index in [4.69, 9.17) is 32.7 Å². The van der Waals surface area contributed by atoms with Gasteiger partial charge in [0.1, 0.15) is 17.6 Å². The van der Waals surface area contributed by atoms with Crippen LogP contribution in [0.3, 0.4) is 0 Å². The number of rotatable bonds is 5. The Bertz CT molecular complexity index is 1900. The van der Waals surface area contributed by atoms with E-state index in [1.807, 2.05) is 24.5 Å². The SMILES string of the molecule is COC(=O)C1=C(C)N=c2s/c(=C\c3cc(C)n(-c4ccc(F)c(Cl)c4)c3C)c(=O)n2[C@@H]1c1cc(Cl)ccc1OC. The second-order valence-corrected chi connectivity index (χ2v) is 11.1. The lowest BCUT2D eigenvalue weighted by Crippen LogP contribution is -2.40. The maximum Gasteiger partial charge on any atom is 0.338 e. The number of methoxy groups -OCH3 is 2. The molecule has 0 N–H and O–H groups in total. The zero-order valence-electron chi connectivity index (χ0n) is 22.2. The molecule has 5 rings (SSSR count). The fraction of sp³-hybridized carbons (Fsp3) is 0.207. The smallest absolute Gasteiger partial charge is 0.338 e. The van der Waals surface area contributed by atoms with Crippen LogP contribution in [0.15, 0.2) is 63.5 Å². The van der Waals surface area contributed by atoms with Gasteiger partial charge in [-0.3, -0.25) is 9.36 Å². The van der Waals surface area contributed by atoms with E-state index in [0.717, 1.165) is 17.0 Å². The van der Waals surface area contributed by atoms with Gasteiger partial charge >= 0.3 is 5.97 Å². The average molecular weight is 600 g/mol. The lowest BCUT2D eigenvalue weighted by atomic mass is 9.95. The first-order valence-electron chi connectivity index (χ1n) is 12.1. The summed E-state index contributed by atoms with van der Waals surface area (Å²) in [5, 5.41) is 0.443. The number of hydrogen-bond donors (Lipinski definition) is 0. The van der Waals surface area contributed by atoms with Crippen LogP contribution in [0.5, 0.6) is 5.75 Å². The van der Waals surface area contributed by atoms with Crippen LogP contribution in [0, 0.1) is 19.7 Å². The van der Waals surface area contributed by atoms with Gasteiger partial charge in [-0.1, -0.05) is 34.5 Å². The largest absolute Gasteiger partial charge is 0.496 e. The van der Waals surface area contributed by atoms with Gasteiger partial charge in [0.15, 0.2) is 4.80 Å². The van der Waals surface area contributed by atoms with Crippen molar-refractivity contribution in [2.45, 2.75) is 26.8 Å². The number of benzene rings is 2. The van der Waals surface area contributed by atoms with Gasteiger partial charge in [0.05, 0.1) is 35.0 Å². The lowest BCUT2D eigenvalue weighted by Gasteiger charge is -2.25. The van der Waals surface area contributed by atoms with E-state index in [-0.39, 0.29) is 16.2 Å². The summed E-state index contributed by atoms with van der Waals surface area (Å²) >= 11 is 13.6. The summed E-state index contributed by atoms with van der Waals surface area (Å²) < 4.78 is 28.3. The first-order valence-corrected chi connectivity index (χ1v) is 13.7. The minimum atomic E-state index is -0.867. The van der Waals surface area contributed by atoms with Crippen molar-refractivity contribution in [3.8, 4) is 11.4 Å². The summed E-state index contributed by atoms with van der Waals surface area (Å²) in [6.45, 7) is 5.53. The molecule has 2 aromatic heterocycles. The number of hydrogen-bond acceptors (Lipinski definition) is 6. The van der Waals surface area contributed by atoms with Crippen molar-refractivity contribution in [2.24, 2.45) is 4.99 Å². The van der Waals surface area contributed by atoms with Crippen molar-refractivity contribution in [1.29, 1.82) is 0 Å². The van der Waals surface area contributed by atoms with Crippen molar-refractivity contribution >= 4 is 46.6 Å². The monoisotopic (exact) mass is 599 g/mol. The third kappa shape index (κ3) is 4.68. The second kappa shape index (κ2) is 10.7. The molecule has 7 nitrogen and oxygen atoms in total. The highest BCUT2D eigenvalue weighted by Crippen LogP contribution is 2.37. The van der Waals surface area contributed by atoms with Gasteiger partial charge in [0, 0.05) is 27.7 Å². The molecule has 0 amide bonds. The Morgan fingerprint density at radius 1 is 1.10 bits per heavy atom. The minimum absolute atomic E-state index is 0.0214. The molecule has 0 unspecified atom stereocenters. The Labute approximate surface area is 243 Å². The van der Waals surface area contributed by atoms with Gasteiger partial charge in [-0.05, 0) is 74.9 Å². The van der Waals surface area contributed by atoms with E-state index < -0.39 is 17.8 Å². The zero-order valence-corrected chi connectivity index (χ0v) is 24.5. The topological polar surface area (TPSA) is 74.8 Å². The molecule has 4 aromatic rings. The minimum Gasteiger partial charge on any atom is -0.496 e. The maximum absolute atomic E-state index is 14.0. The van der Waals surface area contributed by atoms with Crippen molar-refractivity contribution in [3.63, 3.8) is 0 Å². The van der Waals surface area contributed by atoms with Gasteiger partial charge in [-0.15, -0.1) is 0 Å². The molecule has 11 heteroatoms. The summed E-state index contributed by atoms with van der Waals surface area (Å²) in [5.41, 5.74) is 4.06. The number of nitrogens with zero attached hydrogens (tertiary/aromatic N) is 3. The van der Waals surface area contributed by atoms with Crippen LogP contribution in [0.2, 0.25) is 10.0 Å². The van der Waals surface area contributed by atoms with Crippen LogP contribution in [-0.2, 0) is 9.53 Å². The van der Waals surface area contributed by atoms with Gasteiger partial charge in [-0.25, -0.2) is 14.2 Å². The molecule has 0 saturated heterocycles. The summed E-state index contributed by atoms with van der Waals surface area (Å²) in [6, 6.07) is 10.6. The summed E-state index contributed by atoms with van der Waals surface area (Å²) in [6.07, 6.45) is 1.79.